The minimum atomic E-state index is -3.69. The molecule has 0 saturated carbocycles. The van der Waals surface area contributed by atoms with Crippen LogP contribution in [0.1, 0.15) is 11.5 Å². The molecule has 8 heteroatoms. The first-order chi connectivity index (χ1) is 10.9. The molecule has 3 rings (SSSR count). The maximum absolute atomic E-state index is 12.5. The largest absolute Gasteiger partial charge is 0.440 e. The molecule has 0 aliphatic carbocycles. The van der Waals surface area contributed by atoms with Gasteiger partial charge in [-0.3, -0.25) is 4.72 Å². The van der Waals surface area contributed by atoms with Gasteiger partial charge in [-0.15, -0.1) is 11.3 Å². The van der Waals surface area contributed by atoms with Gasteiger partial charge < -0.3 is 4.42 Å². The molecule has 2 aromatic heterocycles. The summed E-state index contributed by atoms with van der Waals surface area (Å²) in [6.45, 7) is 3.50. The van der Waals surface area contributed by atoms with E-state index in [0.717, 1.165) is 11.3 Å². The number of hydrogen-bond acceptors (Lipinski definition) is 5. The zero-order valence-electron chi connectivity index (χ0n) is 12.3. The molecule has 5 nitrogen and oxygen atoms in total. The number of hydrogen-bond donors (Lipinski definition) is 1. The molecule has 0 radical (unpaired) electrons. The lowest BCUT2D eigenvalue weighted by atomic mass is 10.2. The van der Waals surface area contributed by atoms with E-state index < -0.39 is 10.0 Å². The molecule has 120 valence electrons. The van der Waals surface area contributed by atoms with Crippen molar-refractivity contribution < 1.29 is 12.8 Å². The number of nitrogens with one attached hydrogen (secondary N) is 1. The van der Waals surface area contributed by atoms with Crippen LogP contribution in [0.2, 0.25) is 5.02 Å². The van der Waals surface area contributed by atoms with Crippen LogP contribution in [-0.4, -0.2) is 13.4 Å². The molecule has 1 N–H and O–H groups in total. The Labute approximate surface area is 143 Å². The van der Waals surface area contributed by atoms with Crippen molar-refractivity contribution in [2.24, 2.45) is 0 Å². The van der Waals surface area contributed by atoms with Crippen LogP contribution >= 0.6 is 22.9 Å². The van der Waals surface area contributed by atoms with E-state index in [-0.39, 0.29) is 4.21 Å². The number of rotatable bonds is 4. The second kappa shape index (κ2) is 5.99. The molecule has 0 aliphatic heterocycles. The number of anilines is 1. The molecule has 0 unspecified atom stereocenters. The number of halogens is 1. The van der Waals surface area contributed by atoms with E-state index in [1.54, 1.807) is 50.4 Å². The first-order valence-electron chi connectivity index (χ1n) is 6.67. The van der Waals surface area contributed by atoms with Gasteiger partial charge >= 0.3 is 0 Å². The van der Waals surface area contributed by atoms with Crippen molar-refractivity contribution in [3.8, 4) is 10.6 Å². The quantitative estimate of drug-likeness (QED) is 0.737. The van der Waals surface area contributed by atoms with E-state index in [1.165, 1.54) is 0 Å². The normalized spacial score (nSPS) is 11.6. The van der Waals surface area contributed by atoms with Gasteiger partial charge in [0, 0.05) is 11.9 Å². The monoisotopic (exact) mass is 368 g/mol. The van der Waals surface area contributed by atoms with Gasteiger partial charge in [-0.05, 0) is 36.8 Å². The molecule has 23 heavy (non-hydrogen) atoms. The third-order valence-electron chi connectivity index (χ3n) is 3.22. The lowest BCUT2D eigenvalue weighted by molar-refractivity contribution is 0.535. The Hall–Kier alpha value is -1.83. The number of thiophene rings is 1. The van der Waals surface area contributed by atoms with Crippen molar-refractivity contribution in [2.75, 3.05) is 4.72 Å². The third-order valence-corrected chi connectivity index (χ3v) is 6.59. The molecule has 0 atom stereocenters. The van der Waals surface area contributed by atoms with Gasteiger partial charge in [-0.1, -0.05) is 17.7 Å². The fraction of sp³-hybridized carbons (Fsp3) is 0.133. The smallest absolute Gasteiger partial charge is 0.271 e. The molecular weight excluding hydrogens is 356 g/mol. The highest BCUT2D eigenvalue weighted by Crippen LogP contribution is 2.33. The highest BCUT2D eigenvalue weighted by molar-refractivity contribution is 7.94. The van der Waals surface area contributed by atoms with Crippen LogP contribution < -0.4 is 4.72 Å². The summed E-state index contributed by atoms with van der Waals surface area (Å²) in [6.07, 6.45) is 1.58. The van der Waals surface area contributed by atoms with Crippen molar-refractivity contribution >= 4 is 38.6 Å². The number of benzene rings is 1. The summed E-state index contributed by atoms with van der Waals surface area (Å²) in [7, 11) is -3.69. The molecule has 0 aliphatic rings. The first-order valence-corrected chi connectivity index (χ1v) is 9.35. The van der Waals surface area contributed by atoms with E-state index in [2.05, 4.69) is 9.71 Å². The lowest BCUT2D eigenvalue weighted by Gasteiger charge is -2.10. The number of sulfonamides is 1. The third kappa shape index (κ3) is 3.26. The van der Waals surface area contributed by atoms with Gasteiger partial charge in [0.2, 0.25) is 0 Å². The van der Waals surface area contributed by atoms with Gasteiger partial charge in [0.25, 0.3) is 10.0 Å². The topological polar surface area (TPSA) is 72.2 Å². The van der Waals surface area contributed by atoms with E-state index >= 15 is 0 Å². The minimum absolute atomic E-state index is 0.195. The molecule has 0 fully saturated rings. The first kappa shape index (κ1) is 16.0. The maximum Gasteiger partial charge on any atom is 0.271 e. The van der Waals surface area contributed by atoms with Crippen molar-refractivity contribution in [3.05, 3.63) is 53.0 Å². The summed E-state index contributed by atoms with van der Waals surface area (Å²) >= 11 is 7.14. The molecule has 3 aromatic rings. The number of nitrogens with zero attached hydrogens (tertiary/aromatic N) is 1. The summed E-state index contributed by atoms with van der Waals surface area (Å²) in [5.74, 6) is 1.08. The van der Waals surface area contributed by atoms with Gasteiger partial charge in [0.05, 0.1) is 16.8 Å². The van der Waals surface area contributed by atoms with E-state index in [4.69, 9.17) is 16.0 Å². The van der Waals surface area contributed by atoms with Crippen LogP contribution in [0.25, 0.3) is 10.6 Å². The number of aryl methyl sites for hydroxylation is 1. The predicted octanol–water partition coefficient (Wildman–Crippen LogP) is 4.47. The Balaban J connectivity index is 1.91. The van der Waals surface area contributed by atoms with Crippen molar-refractivity contribution in [1.82, 2.24) is 4.98 Å². The Morgan fingerprint density at radius 3 is 2.70 bits per heavy atom. The Kier molecular flexibility index (Phi) is 4.18. The van der Waals surface area contributed by atoms with Crippen LogP contribution in [0, 0.1) is 13.8 Å². The zero-order chi connectivity index (χ0) is 16.6. The van der Waals surface area contributed by atoms with Crippen molar-refractivity contribution in [3.63, 3.8) is 0 Å². The molecule has 1 aromatic carbocycles. The molecular formula is C15H13ClN2O3S2. The Morgan fingerprint density at radius 2 is 2.00 bits per heavy atom. The Morgan fingerprint density at radius 1 is 1.22 bits per heavy atom. The summed E-state index contributed by atoms with van der Waals surface area (Å²) in [5.41, 5.74) is 1.14. The van der Waals surface area contributed by atoms with Crippen LogP contribution in [0.5, 0.6) is 0 Å². The molecule has 0 bridgehead atoms. The molecule has 2 heterocycles. The molecule has 0 spiro atoms. The fourth-order valence-electron chi connectivity index (χ4n) is 1.99. The van der Waals surface area contributed by atoms with Crippen LogP contribution in [-0.2, 0) is 10.0 Å². The number of aromatic nitrogens is 1. The molecule has 0 saturated heterocycles. The van der Waals surface area contributed by atoms with Crippen molar-refractivity contribution in [2.45, 2.75) is 18.1 Å². The second-order valence-corrected chi connectivity index (χ2v) is 8.28. The summed E-state index contributed by atoms with van der Waals surface area (Å²) < 4.78 is 33.2. The summed E-state index contributed by atoms with van der Waals surface area (Å²) in [6, 6.07) is 8.33. The highest BCUT2D eigenvalue weighted by atomic mass is 35.5. The standard InChI is InChI=1S/C15H13ClN2O3S2/c1-9-11(16)4-3-5-12(9)18-23(19,20)15-7-6-14(22-15)13-8-17-10(2)21-13/h3-8,18H,1-2H3. The SMILES string of the molecule is Cc1ncc(-c2ccc(S(=O)(=O)Nc3cccc(Cl)c3C)s2)o1. The Bertz CT molecular complexity index is 961. The minimum Gasteiger partial charge on any atom is -0.440 e. The number of oxazole rings is 1. The summed E-state index contributed by atoms with van der Waals surface area (Å²) in [5, 5.41) is 0.509. The average molecular weight is 369 g/mol. The van der Waals surface area contributed by atoms with Gasteiger partial charge in [0.1, 0.15) is 4.21 Å². The molecule has 0 amide bonds. The predicted molar refractivity (Wildman–Crippen MR) is 91.6 cm³/mol. The maximum atomic E-state index is 12.5. The van der Waals surface area contributed by atoms with Gasteiger partial charge in [0.15, 0.2) is 11.7 Å². The average Bonchev–Trinajstić information content (AvgIpc) is 3.12. The van der Waals surface area contributed by atoms with Crippen LogP contribution in [0.4, 0.5) is 5.69 Å². The van der Waals surface area contributed by atoms with Crippen LogP contribution in [0.15, 0.2) is 45.2 Å². The van der Waals surface area contributed by atoms with E-state index in [0.29, 0.717) is 32.8 Å². The fourth-order valence-corrected chi connectivity index (χ4v) is 4.54. The second-order valence-electron chi connectivity index (χ2n) is 4.88. The zero-order valence-corrected chi connectivity index (χ0v) is 14.7. The van der Waals surface area contributed by atoms with E-state index in [9.17, 15) is 8.42 Å². The highest BCUT2D eigenvalue weighted by Gasteiger charge is 2.19. The van der Waals surface area contributed by atoms with E-state index in [1.807, 2.05) is 0 Å². The van der Waals surface area contributed by atoms with Crippen LogP contribution in [0.3, 0.4) is 0 Å². The lowest BCUT2D eigenvalue weighted by Crippen LogP contribution is -2.12. The van der Waals surface area contributed by atoms with Gasteiger partial charge in [-0.25, -0.2) is 13.4 Å². The van der Waals surface area contributed by atoms with Crippen molar-refractivity contribution in [1.29, 1.82) is 0 Å². The summed E-state index contributed by atoms with van der Waals surface area (Å²) in [4.78, 5) is 4.72. The van der Waals surface area contributed by atoms with Gasteiger partial charge in [-0.2, -0.15) is 0 Å².